The van der Waals surface area contributed by atoms with Gasteiger partial charge in [0.1, 0.15) is 12.0 Å². The van der Waals surface area contributed by atoms with Crippen molar-refractivity contribution in [3.05, 3.63) is 6.20 Å². The zero-order valence-electron chi connectivity index (χ0n) is 10.2. The molecule has 0 saturated heterocycles. The van der Waals surface area contributed by atoms with Gasteiger partial charge >= 0.3 is 0 Å². The number of ether oxygens (including phenoxy) is 1. The molecule has 0 fully saturated rings. The lowest BCUT2D eigenvalue weighted by atomic mass is 10.4. The normalized spacial score (nSPS) is 10.2. The van der Waals surface area contributed by atoms with Crippen molar-refractivity contribution in [2.75, 3.05) is 18.5 Å². The average molecular weight is 245 g/mol. The van der Waals surface area contributed by atoms with Crippen molar-refractivity contribution >= 4 is 17.0 Å². The van der Waals surface area contributed by atoms with E-state index in [4.69, 9.17) is 11.2 Å². The maximum absolute atomic E-state index is 5.55. The van der Waals surface area contributed by atoms with Crippen LogP contribution in [0.2, 0.25) is 0 Å². The largest absolute Gasteiger partial charge is 0.476 e. The molecular formula is C12H15N5O. The molecule has 0 aliphatic rings. The van der Waals surface area contributed by atoms with Crippen molar-refractivity contribution < 1.29 is 4.74 Å². The molecular weight excluding hydrogens is 230 g/mol. The highest BCUT2D eigenvalue weighted by molar-refractivity contribution is 5.80. The third-order valence-electron chi connectivity index (χ3n) is 2.29. The van der Waals surface area contributed by atoms with Crippen molar-refractivity contribution in [1.82, 2.24) is 20.2 Å². The highest BCUT2D eigenvalue weighted by atomic mass is 16.5. The Hall–Kier alpha value is -2.29. The van der Waals surface area contributed by atoms with Crippen molar-refractivity contribution in [2.24, 2.45) is 0 Å². The number of anilines is 1. The fourth-order valence-electron chi connectivity index (χ4n) is 1.44. The van der Waals surface area contributed by atoms with Crippen molar-refractivity contribution in [3.8, 4) is 18.2 Å². The lowest BCUT2D eigenvalue weighted by molar-refractivity contribution is 0.319. The third kappa shape index (κ3) is 2.69. The summed E-state index contributed by atoms with van der Waals surface area (Å²) in [5.74, 6) is 3.56. The number of nitrogens with zero attached hydrogens (tertiary/aromatic N) is 3. The number of terminal acetylenes is 1. The fraction of sp³-hybridized carbons (Fsp3) is 0.417. The molecule has 0 aliphatic heterocycles. The van der Waals surface area contributed by atoms with E-state index >= 15 is 0 Å². The van der Waals surface area contributed by atoms with Crippen LogP contribution in [0.15, 0.2) is 6.20 Å². The smallest absolute Gasteiger partial charge is 0.229 e. The first-order valence-corrected chi connectivity index (χ1v) is 5.86. The summed E-state index contributed by atoms with van der Waals surface area (Å²) in [6.07, 6.45) is 8.37. The summed E-state index contributed by atoms with van der Waals surface area (Å²) in [7, 11) is 0. The third-order valence-corrected chi connectivity index (χ3v) is 2.29. The Morgan fingerprint density at radius 1 is 1.50 bits per heavy atom. The van der Waals surface area contributed by atoms with Crippen LogP contribution < -0.4 is 10.1 Å². The molecule has 0 aromatic carbocycles. The Morgan fingerprint density at radius 3 is 3.17 bits per heavy atom. The Morgan fingerprint density at radius 2 is 2.39 bits per heavy atom. The van der Waals surface area contributed by atoms with Gasteiger partial charge in [0.2, 0.25) is 11.8 Å². The summed E-state index contributed by atoms with van der Waals surface area (Å²) >= 11 is 0. The second kappa shape index (κ2) is 5.87. The first-order chi connectivity index (χ1) is 8.85. The van der Waals surface area contributed by atoms with Gasteiger partial charge < -0.3 is 10.1 Å². The number of fused-ring (bicyclic) bond motifs is 1. The zero-order valence-corrected chi connectivity index (χ0v) is 10.2. The molecule has 2 heterocycles. The number of hydrogen-bond acceptors (Lipinski definition) is 5. The van der Waals surface area contributed by atoms with Crippen molar-refractivity contribution in [1.29, 1.82) is 0 Å². The van der Waals surface area contributed by atoms with Crippen LogP contribution in [-0.2, 0) is 0 Å². The Balaban J connectivity index is 2.24. The minimum absolute atomic E-state index is 0.432. The first-order valence-electron chi connectivity index (χ1n) is 5.86. The maximum Gasteiger partial charge on any atom is 0.229 e. The molecule has 2 aromatic rings. The standard InChI is InChI=1S/C12H15N5O/c1-3-5-7-18-11-9-8-14-17-10(9)15-12(16-11)13-6-4-2/h1,8H,4-7H2,2H3,(H2,13,14,15,16,17). The van der Waals surface area contributed by atoms with E-state index < -0.39 is 0 Å². The molecule has 6 heteroatoms. The second-order valence-electron chi connectivity index (χ2n) is 3.71. The van der Waals surface area contributed by atoms with Gasteiger partial charge in [-0.1, -0.05) is 6.92 Å². The van der Waals surface area contributed by atoms with Gasteiger partial charge in [-0.3, -0.25) is 5.10 Å². The lowest BCUT2D eigenvalue weighted by Crippen LogP contribution is -2.06. The summed E-state index contributed by atoms with van der Waals surface area (Å²) in [5, 5.41) is 10.6. The average Bonchev–Trinajstić information content (AvgIpc) is 2.85. The Bertz CT molecular complexity index is 557. The van der Waals surface area contributed by atoms with Crippen LogP contribution in [0.3, 0.4) is 0 Å². The number of nitrogens with one attached hydrogen (secondary N) is 2. The van der Waals surface area contributed by atoms with Crippen LogP contribution >= 0.6 is 0 Å². The van der Waals surface area contributed by atoms with Gasteiger partial charge in [0, 0.05) is 13.0 Å². The summed E-state index contributed by atoms with van der Waals surface area (Å²) in [4.78, 5) is 8.61. The topological polar surface area (TPSA) is 75.7 Å². The van der Waals surface area contributed by atoms with Crippen LogP contribution in [0, 0.1) is 12.3 Å². The molecule has 0 bridgehead atoms. The highest BCUT2D eigenvalue weighted by Crippen LogP contribution is 2.22. The number of H-pyrrole nitrogens is 1. The summed E-state index contributed by atoms with van der Waals surface area (Å²) < 4.78 is 5.55. The maximum atomic E-state index is 5.55. The van der Waals surface area contributed by atoms with Crippen LogP contribution in [-0.4, -0.2) is 33.3 Å². The molecule has 0 spiro atoms. The Labute approximate surface area is 105 Å². The van der Waals surface area contributed by atoms with Gasteiger partial charge in [-0.05, 0) is 6.42 Å². The number of aromatic amines is 1. The summed E-state index contributed by atoms with van der Waals surface area (Å²) in [5.41, 5.74) is 0.652. The first kappa shape index (κ1) is 12.2. The monoisotopic (exact) mass is 245 g/mol. The predicted octanol–water partition coefficient (Wildman–Crippen LogP) is 1.58. The highest BCUT2D eigenvalue weighted by Gasteiger charge is 2.10. The number of rotatable bonds is 6. The number of hydrogen-bond donors (Lipinski definition) is 2. The van der Waals surface area contributed by atoms with E-state index in [1.165, 1.54) is 0 Å². The van der Waals surface area contributed by atoms with E-state index in [1.54, 1.807) is 6.20 Å². The van der Waals surface area contributed by atoms with Gasteiger partial charge in [-0.25, -0.2) is 0 Å². The molecule has 2 aromatic heterocycles. The fourth-order valence-corrected chi connectivity index (χ4v) is 1.44. The van der Waals surface area contributed by atoms with Gasteiger partial charge in [0.25, 0.3) is 0 Å². The SMILES string of the molecule is C#CCCOc1nc(NCCC)nc2[nH]ncc12. The summed E-state index contributed by atoms with van der Waals surface area (Å²) in [6.45, 7) is 3.32. The minimum atomic E-state index is 0.432. The molecule has 0 radical (unpaired) electrons. The van der Waals surface area contributed by atoms with Crippen LogP contribution in [0.4, 0.5) is 5.95 Å². The quantitative estimate of drug-likeness (QED) is 0.597. The molecule has 2 N–H and O–H groups in total. The van der Waals surface area contributed by atoms with E-state index in [9.17, 15) is 0 Å². The molecule has 2 rings (SSSR count). The molecule has 0 unspecified atom stereocenters. The lowest BCUT2D eigenvalue weighted by Gasteiger charge is -2.07. The Kier molecular flexibility index (Phi) is 3.97. The van der Waals surface area contributed by atoms with Crippen molar-refractivity contribution in [2.45, 2.75) is 19.8 Å². The zero-order chi connectivity index (χ0) is 12.8. The van der Waals surface area contributed by atoms with Crippen LogP contribution in [0.5, 0.6) is 5.88 Å². The van der Waals surface area contributed by atoms with Crippen LogP contribution in [0.1, 0.15) is 19.8 Å². The molecule has 0 aliphatic carbocycles. The van der Waals surface area contributed by atoms with E-state index in [0.717, 1.165) is 18.4 Å². The van der Waals surface area contributed by atoms with E-state index in [-0.39, 0.29) is 0 Å². The minimum Gasteiger partial charge on any atom is -0.476 e. The van der Waals surface area contributed by atoms with Gasteiger partial charge in [-0.2, -0.15) is 15.1 Å². The van der Waals surface area contributed by atoms with Gasteiger partial charge in [0.05, 0.1) is 6.20 Å². The second-order valence-corrected chi connectivity index (χ2v) is 3.71. The number of aromatic nitrogens is 4. The molecule has 0 atom stereocenters. The van der Waals surface area contributed by atoms with Crippen LogP contribution in [0.25, 0.3) is 11.0 Å². The van der Waals surface area contributed by atoms with Gasteiger partial charge in [0.15, 0.2) is 5.65 Å². The molecule has 6 nitrogen and oxygen atoms in total. The molecule has 94 valence electrons. The molecule has 18 heavy (non-hydrogen) atoms. The molecule has 0 amide bonds. The van der Waals surface area contributed by atoms with E-state index in [2.05, 4.69) is 38.3 Å². The molecule has 0 saturated carbocycles. The van der Waals surface area contributed by atoms with Crippen molar-refractivity contribution in [3.63, 3.8) is 0 Å². The van der Waals surface area contributed by atoms with E-state index in [1.807, 2.05) is 0 Å². The summed E-state index contributed by atoms with van der Waals surface area (Å²) in [6, 6.07) is 0. The predicted molar refractivity (Wildman–Crippen MR) is 69.4 cm³/mol. The van der Waals surface area contributed by atoms with Gasteiger partial charge in [-0.15, -0.1) is 12.3 Å². The van der Waals surface area contributed by atoms with E-state index in [0.29, 0.717) is 30.5 Å².